The summed E-state index contributed by atoms with van der Waals surface area (Å²) in [4.78, 5) is 22.3. The molecule has 0 saturated carbocycles. The zero-order valence-corrected chi connectivity index (χ0v) is 11.3. The van der Waals surface area contributed by atoms with Gasteiger partial charge in [0, 0.05) is 17.4 Å². The Bertz CT molecular complexity index is 725. The summed E-state index contributed by atoms with van der Waals surface area (Å²) in [6.45, 7) is 0. The van der Waals surface area contributed by atoms with E-state index < -0.39 is 11.9 Å². The molecule has 108 valence electrons. The fraction of sp³-hybridized carbons (Fsp3) is 0.133. The van der Waals surface area contributed by atoms with Crippen molar-refractivity contribution >= 4 is 28.5 Å². The van der Waals surface area contributed by atoms with E-state index in [-0.39, 0.29) is 18.7 Å². The Morgan fingerprint density at radius 1 is 1.00 bits per heavy atom. The Morgan fingerprint density at radius 3 is 2.29 bits per heavy atom. The third-order valence-corrected chi connectivity index (χ3v) is 2.97. The van der Waals surface area contributed by atoms with Crippen LogP contribution in [-0.2, 0) is 9.59 Å². The first-order valence-electron chi connectivity index (χ1n) is 6.34. The van der Waals surface area contributed by atoms with E-state index in [1.807, 2.05) is 6.07 Å². The van der Waals surface area contributed by atoms with Gasteiger partial charge in [-0.05, 0) is 17.5 Å². The Labute approximate surface area is 121 Å². The van der Waals surface area contributed by atoms with Crippen molar-refractivity contribution in [2.75, 3.05) is 0 Å². The number of hydrogen-bond donors (Lipinski definition) is 3. The zero-order valence-electron chi connectivity index (χ0n) is 11.3. The molecular weight excluding hydrogens is 270 g/mol. The number of benzene rings is 2. The fourth-order valence-corrected chi connectivity index (χ4v) is 1.99. The van der Waals surface area contributed by atoms with E-state index >= 15 is 0 Å². The van der Waals surface area contributed by atoms with Crippen molar-refractivity contribution in [2.45, 2.75) is 12.8 Å². The van der Waals surface area contributed by atoms with Crippen molar-refractivity contribution in [3.8, 4) is 5.75 Å². The minimum absolute atomic E-state index is 0.0533. The monoisotopic (exact) mass is 285 g/mol. The number of nitrogens with one attached hydrogen (secondary N) is 1. The van der Waals surface area contributed by atoms with Gasteiger partial charge in [-0.25, -0.2) is 0 Å². The molecule has 6 nitrogen and oxygen atoms in total. The van der Waals surface area contributed by atoms with E-state index in [0.717, 1.165) is 5.39 Å². The molecular formula is C15H15N3O3. The van der Waals surface area contributed by atoms with Gasteiger partial charge in [0.2, 0.25) is 5.91 Å². The van der Waals surface area contributed by atoms with Crippen LogP contribution in [0.15, 0.2) is 36.4 Å². The third kappa shape index (κ3) is 3.36. The number of nitrogens with two attached hydrogens (primary N) is 2. The van der Waals surface area contributed by atoms with Crippen LogP contribution in [-0.4, -0.2) is 17.7 Å². The first-order chi connectivity index (χ1) is 9.99. The van der Waals surface area contributed by atoms with Gasteiger partial charge < -0.3 is 16.2 Å². The van der Waals surface area contributed by atoms with E-state index in [9.17, 15) is 9.59 Å². The Kier molecular flexibility index (Phi) is 4.18. The highest BCUT2D eigenvalue weighted by Gasteiger charge is 2.12. The predicted octanol–water partition coefficient (Wildman–Crippen LogP) is 1.29. The van der Waals surface area contributed by atoms with Gasteiger partial charge in [-0.2, -0.15) is 0 Å². The molecule has 2 aromatic carbocycles. The molecule has 0 radical (unpaired) electrons. The van der Waals surface area contributed by atoms with E-state index in [1.165, 1.54) is 0 Å². The second-order valence-electron chi connectivity index (χ2n) is 4.51. The lowest BCUT2D eigenvalue weighted by molar-refractivity contribution is -0.136. The highest BCUT2D eigenvalue weighted by molar-refractivity contribution is 6.09. The highest BCUT2D eigenvalue weighted by atomic mass is 16.5. The average Bonchev–Trinajstić information content (AvgIpc) is 2.45. The van der Waals surface area contributed by atoms with Gasteiger partial charge in [-0.3, -0.25) is 15.0 Å². The molecule has 0 unspecified atom stereocenters. The molecule has 1 amide bonds. The molecule has 0 spiro atoms. The fourth-order valence-electron chi connectivity index (χ4n) is 1.99. The lowest BCUT2D eigenvalue weighted by Crippen LogP contribution is -2.16. The summed E-state index contributed by atoms with van der Waals surface area (Å²) < 4.78 is 5.25. The first-order valence-corrected chi connectivity index (χ1v) is 6.34. The number of nitrogen functional groups attached to an aromatic ring is 1. The predicted molar refractivity (Wildman–Crippen MR) is 79.0 cm³/mol. The van der Waals surface area contributed by atoms with Crippen LogP contribution < -0.4 is 16.2 Å². The van der Waals surface area contributed by atoms with Crippen LogP contribution in [0.5, 0.6) is 5.75 Å². The van der Waals surface area contributed by atoms with Crippen LogP contribution in [0.2, 0.25) is 0 Å². The van der Waals surface area contributed by atoms with Crippen molar-refractivity contribution in [3.05, 3.63) is 42.0 Å². The molecule has 0 aliphatic carbocycles. The van der Waals surface area contributed by atoms with E-state index in [2.05, 4.69) is 0 Å². The summed E-state index contributed by atoms with van der Waals surface area (Å²) in [5.74, 6) is -0.777. The van der Waals surface area contributed by atoms with Gasteiger partial charge in [-0.15, -0.1) is 0 Å². The lowest BCUT2D eigenvalue weighted by Gasteiger charge is -2.10. The molecule has 0 bridgehead atoms. The molecule has 2 aromatic rings. The lowest BCUT2D eigenvalue weighted by atomic mass is 10.0. The quantitative estimate of drug-likeness (QED) is 0.332. The molecule has 0 saturated heterocycles. The van der Waals surface area contributed by atoms with E-state index in [1.54, 1.807) is 30.3 Å². The Morgan fingerprint density at radius 2 is 1.67 bits per heavy atom. The summed E-state index contributed by atoms with van der Waals surface area (Å²) in [5.41, 5.74) is 11.1. The Balaban J connectivity index is 2.33. The van der Waals surface area contributed by atoms with E-state index in [0.29, 0.717) is 16.7 Å². The first kappa shape index (κ1) is 14.5. The maximum Gasteiger partial charge on any atom is 0.311 e. The summed E-state index contributed by atoms with van der Waals surface area (Å²) >= 11 is 0. The van der Waals surface area contributed by atoms with Crippen molar-refractivity contribution in [1.82, 2.24) is 0 Å². The molecule has 0 aliphatic heterocycles. The number of carbonyl (C=O) groups is 2. The van der Waals surface area contributed by atoms with Crippen LogP contribution in [0.3, 0.4) is 0 Å². The normalized spacial score (nSPS) is 10.3. The average molecular weight is 285 g/mol. The molecule has 0 heterocycles. The number of fused-ring (bicyclic) bond motifs is 1. The maximum atomic E-state index is 11.7. The molecule has 0 aliphatic rings. The van der Waals surface area contributed by atoms with Gasteiger partial charge in [0.15, 0.2) is 0 Å². The SMILES string of the molecule is N=C(N)c1ccc(OC(=O)CCC(N)=O)c2ccccc12. The summed E-state index contributed by atoms with van der Waals surface area (Å²) in [6, 6.07) is 10.4. The second-order valence-corrected chi connectivity index (χ2v) is 4.51. The number of primary amides is 1. The number of carbonyl (C=O) groups excluding carboxylic acids is 2. The minimum atomic E-state index is -0.552. The van der Waals surface area contributed by atoms with Crippen LogP contribution in [0.4, 0.5) is 0 Å². The van der Waals surface area contributed by atoms with Crippen LogP contribution >= 0.6 is 0 Å². The summed E-state index contributed by atoms with van der Waals surface area (Å²) in [7, 11) is 0. The van der Waals surface area contributed by atoms with Gasteiger partial charge >= 0.3 is 5.97 Å². The number of rotatable bonds is 5. The van der Waals surface area contributed by atoms with Crippen LogP contribution in [0, 0.1) is 5.41 Å². The van der Waals surface area contributed by atoms with Gasteiger partial charge in [-0.1, -0.05) is 24.3 Å². The number of amides is 1. The Hall–Kier alpha value is -2.89. The molecule has 6 heteroatoms. The van der Waals surface area contributed by atoms with E-state index in [4.69, 9.17) is 21.6 Å². The number of amidine groups is 1. The molecule has 2 rings (SSSR count). The van der Waals surface area contributed by atoms with Crippen molar-refractivity contribution in [1.29, 1.82) is 5.41 Å². The number of ether oxygens (including phenoxy) is 1. The van der Waals surface area contributed by atoms with Gasteiger partial charge in [0.05, 0.1) is 6.42 Å². The summed E-state index contributed by atoms with van der Waals surface area (Å²) in [5, 5.41) is 8.97. The largest absolute Gasteiger partial charge is 0.426 e. The smallest absolute Gasteiger partial charge is 0.311 e. The van der Waals surface area contributed by atoms with Crippen molar-refractivity contribution < 1.29 is 14.3 Å². The topological polar surface area (TPSA) is 119 Å². The van der Waals surface area contributed by atoms with Gasteiger partial charge in [0.25, 0.3) is 0 Å². The van der Waals surface area contributed by atoms with Crippen molar-refractivity contribution in [2.24, 2.45) is 11.5 Å². The third-order valence-electron chi connectivity index (χ3n) is 2.97. The summed E-state index contributed by atoms with van der Waals surface area (Å²) in [6.07, 6.45) is -0.125. The molecule has 5 N–H and O–H groups in total. The number of hydrogen-bond acceptors (Lipinski definition) is 4. The molecule has 0 fully saturated rings. The van der Waals surface area contributed by atoms with Gasteiger partial charge in [0.1, 0.15) is 11.6 Å². The minimum Gasteiger partial charge on any atom is -0.426 e. The highest BCUT2D eigenvalue weighted by Crippen LogP contribution is 2.28. The maximum absolute atomic E-state index is 11.7. The van der Waals surface area contributed by atoms with Crippen molar-refractivity contribution in [3.63, 3.8) is 0 Å². The second kappa shape index (κ2) is 6.04. The number of esters is 1. The standard InChI is InChI=1S/C15H15N3O3/c16-13(19)7-8-14(20)21-12-6-5-11(15(17)18)9-3-1-2-4-10(9)12/h1-6H,7-8H2,(H2,16,19)(H3,17,18). The molecule has 0 atom stereocenters. The van der Waals surface area contributed by atoms with Crippen LogP contribution in [0.1, 0.15) is 18.4 Å². The molecule has 21 heavy (non-hydrogen) atoms. The molecule has 0 aromatic heterocycles. The zero-order chi connectivity index (χ0) is 15.4. The van der Waals surface area contributed by atoms with Crippen LogP contribution in [0.25, 0.3) is 10.8 Å².